The van der Waals surface area contributed by atoms with E-state index in [0.29, 0.717) is 6.42 Å². The Kier molecular flexibility index (Phi) is 11.1. The molecular formula is C20H36O3. The van der Waals surface area contributed by atoms with Gasteiger partial charge in [0.15, 0.2) is 6.10 Å². The zero-order chi connectivity index (χ0) is 16.9. The van der Waals surface area contributed by atoms with E-state index in [1.807, 2.05) is 0 Å². The van der Waals surface area contributed by atoms with Crippen LogP contribution in [0, 0.1) is 0 Å². The minimum atomic E-state index is -0.935. The number of methoxy groups -OCH3 is 1. The third kappa shape index (κ3) is 9.80. The third-order valence-electron chi connectivity index (χ3n) is 4.81. The maximum atomic E-state index is 11.0. The molecule has 1 aliphatic rings. The number of aliphatic hydroxyl groups excluding tert-OH is 1. The van der Waals surface area contributed by atoms with E-state index in [9.17, 15) is 9.90 Å². The Morgan fingerprint density at radius 1 is 0.957 bits per heavy atom. The number of allylic oxidation sites excluding steroid dienone is 2. The molecule has 0 radical (unpaired) electrons. The molecule has 23 heavy (non-hydrogen) atoms. The van der Waals surface area contributed by atoms with E-state index in [1.165, 1.54) is 77.7 Å². The molecular weight excluding hydrogens is 288 g/mol. The highest BCUT2D eigenvalue weighted by atomic mass is 16.5. The van der Waals surface area contributed by atoms with Crippen LogP contribution in [0.3, 0.4) is 0 Å². The van der Waals surface area contributed by atoms with Crippen LogP contribution in [-0.2, 0) is 9.53 Å². The highest BCUT2D eigenvalue weighted by Gasteiger charge is 2.19. The lowest BCUT2D eigenvalue weighted by molar-refractivity contribution is -0.150. The molecule has 3 nitrogen and oxygen atoms in total. The summed E-state index contributed by atoms with van der Waals surface area (Å²) in [5.41, 5.74) is 3.45. The summed E-state index contributed by atoms with van der Waals surface area (Å²) < 4.78 is 4.51. The van der Waals surface area contributed by atoms with E-state index < -0.39 is 12.1 Å². The fraction of sp³-hybridized carbons (Fsp3) is 0.850. The minimum absolute atomic E-state index is 0.507. The van der Waals surface area contributed by atoms with Gasteiger partial charge in [0.2, 0.25) is 0 Å². The standard InChI is InChI=1S/C20H36O3/c1-3-4-5-6-7-10-13-17-16-18(17)14-11-8-9-12-15-19(21)20(22)23-2/h19,21H,3-16H2,1-2H3/t19-/m1/s1. The SMILES string of the molecule is CCCCCCCCC1=C(CCCCCC[C@@H](O)C(=O)OC)C1. The molecule has 0 spiro atoms. The lowest BCUT2D eigenvalue weighted by atomic mass is 10.1. The molecule has 1 atom stereocenters. The Labute approximate surface area is 142 Å². The average Bonchev–Trinajstić information content (AvgIpc) is 3.31. The maximum Gasteiger partial charge on any atom is 0.334 e. The molecule has 1 N–H and O–H groups in total. The number of hydrogen-bond acceptors (Lipinski definition) is 3. The van der Waals surface area contributed by atoms with Gasteiger partial charge in [-0.2, -0.15) is 0 Å². The van der Waals surface area contributed by atoms with Crippen LogP contribution >= 0.6 is 0 Å². The van der Waals surface area contributed by atoms with E-state index in [2.05, 4.69) is 11.7 Å². The van der Waals surface area contributed by atoms with Gasteiger partial charge >= 0.3 is 5.97 Å². The van der Waals surface area contributed by atoms with Crippen molar-refractivity contribution in [3.63, 3.8) is 0 Å². The number of aliphatic hydroxyl groups is 1. The Balaban J connectivity index is 1.89. The maximum absolute atomic E-state index is 11.0. The summed E-state index contributed by atoms with van der Waals surface area (Å²) in [6, 6.07) is 0. The molecule has 0 heterocycles. The van der Waals surface area contributed by atoms with Crippen LogP contribution < -0.4 is 0 Å². The second-order valence-electron chi connectivity index (χ2n) is 6.89. The van der Waals surface area contributed by atoms with Crippen molar-refractivity contribution in [2.75, 3.05) is 7.11 Å². The van der Waals surface area contributed by atoms with E-state index in [0.717, 1.165) is 12.8 Å². The quantitative estimate of drug-likeness (QED) is 0.252. The molecule has 0 aliphatic heterocycles. The summed E-state index contributed by atoms with van der Waals surface area (Å²) >= 11 is 0. The second kappa shape index (κ2) is 12.6. The smallest absolute Gasteiger partial charge is 0.334 e. The van der Waals surface area contributed by atoms with E-state index >= 15 is 0 Å². The van der Waals surface area contributed by atoms with Gasteiger partial charge in [0, 0.05) is 0 Å². The molecule has 0 saturated heterocycles. The van der Waals surface area contributed by atoms with E-state index in [4.69, 9.17) is 0 Å². The number of rotatable bonds is 15. The Hall–Kier alpha value is -0.830. The number of unbranched alkanes of at least 4 members (excludes halogenated alkanes) is 8. The van der Waals surface area contributed by atoms with Crippen LogP contribution in [0.4, 0.5) is 0 Å². The Bertz CT molecular complexity index is 360. The summed E-state index contributed by atoms with van der Waals surface area (Å²) in [6.45, 7) is 2.27. The van der Waals surface area contributed by atoms with Crippen molar-refractivity contribution in [2.24, 2.45) is 0 Å². The summed E-state index contributed by atoms with van der Waals surface area (Å²) in [7, 11) is 1.32. The topological polar surface area (TPSA) is 46.5 Å². The van der Waals surface area contributed by atoms with Gasteiger partial charge in [-0.15, -0.1) is 0 Å². The third-order valence-corrected chi connectivity index (χ3v) is 4.81. The lowest BCUT2D eigenvalue weighted by Gasteiger charge is -2.07. The predicted octanol–water partition coefficient (Wildman–Crippen LogP) is 5.31. The normalized spacial score (nSPS) is 14.9. The number of ether oxygens (including phenoxy) is 1. The van der Waals surface area contributed by atoms with Crippen molar-refractivity contribution in [3.8, 4) is 0 Å². The van der Waals surface area contributed by atoms with Crippen molar-refractivity contribution in [3.05, 3.63) is 11.1 Å². The number of carbonyl (C=O) groups is 1. The van der Waals surface area contributed by atoms with Crippen LogP contribution in [0.1, 0.15) is 96.8 Å². The first-order valence-electron chi connectivity index (χ1n) is 9.64. The molecule has 1 rings (SSSR count). The zero-order valence-electron chi connectivity index (χ0n) is 15.2. The summed E-state index contributed by atoms with van der Waals surface area (Å²) in [5.74, 6) is -0.507. The molecule has 0 aromatic heterocycles. The van der Waals surface area contributed by atoms with Crippen LogP contribution in [0.5, 0.6) is 0 Å². The molecule has 0 saturated carbocycles. The van der Waals surface area contributed by atoms with Gasteiger partial charge in [0.25, 0.3) is 0 Å². The van der Waals surface area contributed by atoms with Crippen LogP contribution in [0.15, 0.2) is 11.1 Å². The first-order valence-corrected chi connectivity index (χ1v) is 9.64. The first-order chi connectivity index (χ1) is 11.2. The van der Waals surface area contributed by atoms with E-state index in [-0.39, 0.29) is 0 Å². The van der Waals surface area contributed by atoms with Crippen molar-refractivity contribution in [1.82, 2.24) is 0 Å². The van der Waals surface area contributed by atoms with Gasteiger partial charge in [-0.1, -0.05) is 69.4 Å². The zero-order valence-corrected chi connectivity index (χ0v) is 15.2. The largest absolute Gasteiger partial charge is 0.467 e. The van der Waals surface area contributed by atoms with Crippen molar-refractivity contribution < 1.29 is 14.6 Å². The van der Waals surface area contributed by atoms with Crippen molar-refractivity contribution in [1.29, 1.82) is 0 Å². The lowest BCUT2D eigenvalue weighted by Crippen LogP contribution is -2.21. The predicted molar refractivity (Wildman–Crippen MR) is 95.4 cm³/mol. The van der Waals surface area contributed by atoms with Gasteiger partial charge in [0.05, 0.1) is 7.11 Å². The molecule has 0 unspecified atom stereocenters. The second-order valence-corrected chi connectivity index (χ2v) is 6.89. The molecule has 0 aromatic carbocycles. The van der Waals surface area contributed by atoms with Gasteiger partial charge in [-0.3, -0.25) is 0 Å². The summed E-state index contributed by atoms with van der Waals surface area (Å²) in [6.07, 6.45) is 16.3. The van der Waals surface area contributed by atoms with Gasteiger partial charge in [-0.25, -0.2) is 4.79 Å². The molecule has 0 aromatic rings. The highest BCUT2D eigenvalue weighted by Crippen LogP contribution is 2.38. The number of esters is 1. The van der Waals surface area contributed by atoms with Crippen molar-refractivity contribution >= 4 is 5.97 Å². The molecule has 0 fully saturated rings. The monoisotopic (exact) mass is 324 g/mol. The molecule has 134 valence electrons. The van der Waals surface area contributed by atoms with Crippen LogP contribution in [0.25, 0.3) is 0 Å². The highest BCUT2D eigenvalue weighted by molar-refractivity contribution is 5.74. The van der Waals surface area contributed by atoms with Crippen molar-refractivity contribution in [2.45, 2.75) is 103 Å². The average molecular weight is 325 g/mol. The summed E-state index contributed by atoms with van der Waals surface area (Å²) in [4.78, 5) is 11.0. The van der Waals surface area contributed by atoms with E-state index in [1.54, 1.807) is 11.1 Å². The Morgan fingerprint density at radius 3 is 2.04 bits per heavy atom. The Morgan fingerprint density at radius 2 is 1.48 bits per heavy atom. The summed E-state index contributed by atoms with van der Waals surface area (Å²) in [5, 5.41) is 9.48. The molecule has 1 aliphatic carbocycles. The van der Waals surface area contributed by atoms with Gasteiger partial charge in [-0.05, 0) is 38.5 Å². The number of hydrogen-bond donors (Lipinski definition) is 1. The van der Waals surface area contributed by atoms with Crippen LogP contribution in [-0.4, -0.2) is 24.3 Å². The van der Waals surface area contributed by atoms with Gasteiger partial charge in [0.1, 0.15) is 0 Å². The fourth-order valence-electron chi connectivity index (χ4n) is 3.15. The van der Waals surface area contributed by atoms with Crippen LogP contribution in [0.2, 0.25) is 0 Å². The number of carbonyl (C=O) groups excluding carboxylic acids is 1. The molecule has 3 heteroatoms. The fourth-order valence-corrected chi connectivity index (χ4v) is 3.15. The molecule has 0 bridgehead atoms. The first kappa shape index (κ1) is 20.2. The van der Waals surface area contributed by atoms with Gasteiger partial charge < -0.3 is 9.84 Å². The molecule has 0 amide bonds. The minimum Gasteiger partial charge on any atom is -0.467 e.